The molecule has 12 N–H and O–H groups in total. The average Bonchev–Trinajstić information content (AvgIpc) is 3.67. The molecule has 2 aromatic rings. The number of amides is 5. The molecule has 15 heteroatoms. The van der Waals surface area contributed by atoms with Crippen LogP contribution in [-0.2, 0) is 30.4 Å². The first-order valence-corrected chi connectivity index (χ1v) is 16.0. The molecule has 0 spiro atoms. The van der Waals surface area contributed by atoms with Gasteiger partial charge in [0.25, 0.3) is 0 Å². The molecule has 1 fully saturated rings. The highest BCUT2D eigenvalue weighted by molar-refractivity contribution is 5.97. The van der Waals surface area contributed by atoms with E-state index in [1.807, 2.05) is 31.2 Å². The fraction of sp³-hybridized carbons (Fsp3) is 0.562. The number of carbonyl (C=O) groups excluding carboxylic acids is 5. The Hall–Kier alpha value is -4.66. The van der Waals surface area contributed by atoms with Crippen molar-refractivity contribution in [2.24, 2.45) is 33.8 Å². The lowest BCUT2D eigenvalue weighted by atomic mass is 9.97. The molecule has 2 heterocycles. The second kappa shape index (κ2) is 16.3. The number of rotatable bonds is 16. The molecule has 0 bridgehead atoms. The first-order chi connectivity index (χ1) is 22.1. The number of para-hydroxylation sites is 1. The molecule has 5 atom stereocenters. The lowest BCUT2D eigenvalue weighted by Crippen LogP contribution is -2.60. The highest BCUT2D eigenvalue weighted by Gasteiger charge is 2.40. The van der Waals surface area contributed by atoms with Crippen molar-refractivity contribution in [3.8, 4) is 0 Å². The van der Waals surface area contributed by atoms with E-state index < -0.39 is 59.2 Å². The number of likely N-dealkylation sites (tertiary alicyclic amines) is 1. The van der Waals surface area contributed by atoms with E-state index in [1.54, 1.807) is 27.0 Å². The van der Waals surface area contributed by atoms with Gasteiger partial charge in [-0.25, -0.2) is 0 Å². The monoisotopic (exact) mass is 654 g/mol. The zero-order chi connectivity index (χ0) is 34.9. The number of aromatic amines is 1. The summed E-state index contributed by atoms with van der Waals surface area (Å²) in [5, 5.41) is 9.21. The third-order valence-electron chi connectivity index (χ3n) is 8.52. The van der Waals surface area contributed by atoms with Crippen molar-refractivity contribution in [3.05, 3.63) is 36.0 Å². The molecule has 1 aromatic heterocycles. The van der Waals surface area contributed by atoms with E-state index in [2.05, 4.69) is 25.9 Å². The van der Waals surface area contributed by atoms with E-state index >= 15 is 0 Å². The second-order valence-electron chi connectivity index (χ2n) is 12.8. The zero-order valence-corrected chi connectivity index (χ0v) is 27.7. The summed E-state index contributed by atoms with van der Waals surface area (Å²) >= 11 is 0. The van der Waals surface area contributed by atoms with Crippen molar-refractivity contribution in [1.82, 2.24) is 25.8 Å². The highest BCUT2D eigenvalue weighted by atomic mass is 16.2. The quantitative estimate of drug-likeness (QED) is 0.0662. The number of nitrogens with zero attached hydrogens (tertiary/aromatic N) is 2. The molecule has 258 valence electrons. The lowest BCUT2D eigenvalue weighted by molar-refractivity contribution is -0.142. The molecule has 1 aliphatic heterocycles. The standard InChI is InChI=1S/C32H50N10O5/c1-5-18(2)25(28(45)39-22(26(33)43)12-8-14-37-31(34)35)41-27(44)24-13-9-15-42(24)29(46)23(40-30(47)32(3,4)36)16-19-17-38-21-11-7-6-10-20(19)21/h6-7,10-11,17-18,22-25,38H,5,8-9,12-16,36H2,1-4H3,(H2,33,43)(H,39,45)(H,40,47)(H,41,44)(H4,34,35,37)/t18-,22+,23-,24-,25-/m1/s1. The topological polar surface area (TPSA) is 257 Å². The van der Waals surface area contributed by atoms with Crippen LogP contribution in [0.2, 0.25) is 0 Å². The van der Waals surface area contributed by atoms with Gasteiger partial charge in [-0.15, -0.1) is 0 Å². The Kier molecular flexibility index (Phi) is 12.7. The summed E-state index contributed by atoms with van der Waals surface area (Å²) in [6.45, 7) is 7.33. The number of aliphatic imine (C=N–C) groups is 1. The SMILES string of the molecule is CC[C@@H](C)[C@@H](NC(=O)[C@H]1CCCN1C(=O)[C@@H](Cc1c[nH]c2ccccc12)NC(=O)C(C)(C)N)C(=O)N[C@@H](CCCN=C(N)N)C(N)=O. The van der Waals surface area contributed by atoms with E-state index in [9.17, 15) is 24.0 Å². The normalized spacial score (nSPS) is 17.3. The van der Waals surface area contributed by atoms with Crippen LogP contribution in [0.3, 0.4) is 0 Å². The largest absolute Gasteiger partial charge is 0.370 e. The fourth-order valence-corrected chi connectivity index (χ4v) is 5.57. The molecule has 0 saturated carbocycles. The minimum Gasteiger partial charge on any atom is -0.370 e. The minimum atomic E-state index is -1.24. The van der Waals surface area contributed by atoms with Crippen molar-refractivity contribution in [2.75, 3.05) is 13.1 Å². The number of benzene rings is 1. The molecule has 15 nitrogen and oxygen atoms in total. The third-order valence-corrected chi connectivity index (χ3v) is 8.52. The summed E-state index contributed by atoms with van der Waals surface area (Å²) in [4.78, 5) is 74.9. The van der Waals surface area contributed by atoms with E-state index in [0.717, 1.165) is 16.5 Å². The summed E-state index contributed by atoms with van der Waals surface area (Å²) < 4.78 is 0. The predicted octanol–water partition coefficient (Wildman–Crippen LogP) is -0.522. The molecule has 0 radical (unpaired) electrons. The van der Waals surface area contributed by atoms with Gasteiger partial charge in [0, 0.05) is 36.6 Å². The Labute approximate surface area is 275 Å². The summed E-state index contributed by atoms with van der Waals surface area (Å²) in [6.07, 6.45) is 4.04. The maximum absolute atomic E-state index is 14.1. The maximum Gasteiger partial charge on any atom is 0.246 e. The number of hydrogen-bond donors (Lipinski definition) is 8. The van der Waals surface area contributed by atoms with E-state index in [1.165, 1.54) is 4.90 Å². The van der Waals surface area contributed by atoms with Crippen LogP contribution in [-0.4, -0.2) is 88.2 Å². The van der Waals surface area contributed by atoms with Gasteiger partial charge in [0.2, 0.25) is 29.5 Å². The van der Waals surface area contributed by atoms with Crippen molar-refractivity contribution in [1.29, 1.82) is 0 Å². The molecule has 1 saturated heterocycles. The third kappa shape index (κ3) is 9.91. The molecule has 0 aliphatic carbocycles. The molecule has 5 amide bonds. The highest BCUT2D eigenvalue weighted by Crippen LogP contribution is 2.24. The predicted molar refractivity (Wildman–Crippen MR) is 179 cm³/mol. The van der Waals surface area contributed by atoms with Crippen LogP contribution in [0.5, 0.6) is 0 Å². The number of carbonyl (C=O) groups is 5. The van der Waals surface area contributed by atoms with Gasteiger partial charge in [-0.3, -0.25) is 29.0 Å². The zero-order valence-electron chi connectivity index (χ0n) is 27.7. The van der Waals surface area contributed by atoms with Crippen molar-refractivity contribution < 1.29 is 24.0 Å². The van der Waals surface area contributed by atoms with Gasteiger partial charge in [0.15, 0.2) is 5.96 Å². The van der Waals surface area contributed by atoms with Crippen molar-refractivity contribution in [3.63, 3.8) is 0 Å². The van der Waals surface area contributed by atoms with Gasteiger partial charge in [-0.2, -0.15) is 0 Å². The average molecular weight is 655 g/mol. The van der Waals surface area contributed by atoms with E-state index in [4.69, 9.17) is 22.9 Å². The lowest BCUT2D eigenvalue weighted by Gasteiger charge is -2.32. The number of H-pyrrole nitrogens is 1. The van der Waals surface area contributed by atoms with Crippen LogP contribution in [0.15, 0.2) is 35.5 Å². The summed E-state index contributed by atoms with van der Waals surface area (Å²) in [5.74, 6) is -3.12. The molecule has 1 aromatic carbocycles. The van der Waals surface area contributed by atoms with Crippen LogP contribution in [0.4, 0.5) is 0 Å². The Bertz CT molecular complexity index is 1460. The Balaban J connectivity index is 1.79. The van der Waals surface area contributed by atoms with E-state index in [0.29, 0.717) is 32.2 Å². The Morgan fingerprint density at radius 3 is 2.40 bits per heavy atom. The molecule has 47 heavy (non-hydrogen) atoms. The van der Waals surface area contributed by atoms with Crippen LogP contribution < -0.4 is 38.9 Å². The van der Waals surface area contributed by atoms with Crippen LogP contribution in [0.25, 0.3) is 10.9 Å². The number of fused-ring (bicyclic) bond motifs is 1. The van der Waals surface area contributed by atoms with Gasteiger partial charge in [0.1, 0.15) is 24.2 Å². The molecular weight excluding hydrogens is 604 g/mol. The number of aromatic nitrogens is 1. The van der Waals surface area contributed by atoms with Gasteiger partial charge in [-0.1, -0.05) is 38.5 Å². The fourth-order valence-electron chi connectivity index (χ4n) is 5.57. The summed E-state index contributed by atoms with van der Waals surface area (Å²) in [7, 11) is 0. The first-order valence-electron chi connectivity index (χ1n) is 16.0. The van der Waals surface area contributed by atoms with Crippen molar-refractivity contribution in [2.45, 2.75) is 95.9 Å². The smallest absolute Gasteiger partial charge is 0.246 e. The molecule has 3 rings (SSSR count). The van der Waals surface area contributed by atoms with Gasteiger partial charge in [-0.05, 0) is 57.1 Å². The van der Waals surface area contributed by atoms with Gasteiger partial charge >= 0.3 is 0 Å². The summed E-state index contributed by atoms with van der Waals surface area (Å²) in [6, 6.07) is 3.77. The Morgan fingerprint density at radius 2 is 1.77 bits per heavy atom. The van der Waals surface area contributed by atoms with Crippen LogP contribution in [0, 0.1) is 5.92 Å². The first kappa shape index (κ1) is 36.8. The molecular formula is C32H50N10O5. The number of nitrogens with two attached hydrogens (primary N) is 4. The number of primary amides is 1. The molecule has 0 unspecified atom stereocenters. The summed E-state index contributed by atoms with van der Waals surface area (Å²) in [5.41, 5.74) is 22.8. The van der Waals surface area contributed by atoms with E-state index in [-0.39, 0.29) is 31.3 Å². The molecule has 1 aliphatic rings. The maximum atomic E-state index is 14.1. The second-order valence-corrected chi connectivity index (χ2v) is 12.8. The van der Waals surface area contributed by atoms with Gasteiger partial charge in [0.05, 0.1) is 5.54 Å². The minimum absolute atomic E-state index is 0.0847. The number of nitrogens with one attached hydrogen (secondary N) is 4. The van der Waals surface area contributed by atoms with Crippen LogP contribution in [0.1, 0.15) is 65.4 Å². The Morgan fingerprint density at radius 1 is 1.06 bits per heavy atom. The van der Waals surface area contributed by atoms with Crippen LogP contribution >= 0.6 is 0 Å². The number of guanidine groups is 1. The number of hydrogen-bond acceptors (Lipinski definition) is 7. The van der Waals surface area contributed by atoms with Gasteiger partial charge < -0.3 is 48.8 Å². The van der Waals surface area contributed by atoms with Crippen molar-refractivity contribution >= 4 is 46.4 Å².